The van der Waals surface area contributed by atoms with E-state index in [0.29, 0.717) is 11.4 Å². The first-order chi connectivity index (χ1) is 12.4. The van der Waals surface area contributed by atoms with Crippen molar-refractivity contribution in [2.24, 2.45) is 0 Å². The maximum atomic E-state index is 12.2. The molecule has 0 heterocycles. The number of Topliss-reactive ketones (excluding diaryl/α,β-unsaturated/α-hetero) is 1. The van der Waals surface area contributed by atoms with Crippen molar-refractivity contribution in [2.75, 3.05) is 26.1 Å². The number of carbonyl (C=O) groups is 2. The quantitative estimate of drug-likeness (QED) is 0.340. The van der Waals surface area contributed by atoms with Gasteiger partial charge in [-0.3, -0.25) is 14.9 Å². The second-order valence-electron chi connectivity index (χ2n) is 5.09. The van der Waals surface area contributed by atoms with Crippen molar-refractivity contribution < 1.29 is 24.0 Å². The van der Waals surface area contributed by atoms with E-state index >= 15 is 0 Å². The molecule has 0 aliphatic rings. The zero-order valence-electron chi connectivity index (χ0n) is 13.9. The molecule has 0 spiro atoms. The van der Waals surface area contributed by atoms with E-state index < -0.39 is 23.3 Å². The van der Waals surface area contributed by atoms with Gasteiger partial charge in [0, 0.05) is 30.4 Å². The van der Waals surface area contributed by atoms with E-state index in [0.717, 1.165) is 6.07 Å². The number of nitro benzene ring substituents is 1. The highest BCUT2D eigenvalue weighted by Crippen LogP contribution is 2.25. The zero-order valence-corrected chi connectivity index (χ0v) is 14.7. The third-order valence-corrected chi connectivity index (χ3v) is 3.81. The van der Waals surface area contributed by atoms with Crippen molar-refractivity contribution in [2.45, 2.75) is 0 Å². The van der Waals surface area contributed by atoms with Crippen LogP contribution in [0.15, 0.2) is 36.4 Å². The minimum atomic E-state index is -0.856. The van der Waals surface area contributed by atoms with Gasteiger partial charge in [0.1, 0.15) is 5.75 Å². The van der Waals surface area contributed by atoms with Gasteiger partial charge in [0.25, 0.3) is 5.69 Å². The van der Waals surface area contributed by atoms with Gasteiger partial charge in [0.05, 0.1) is 22.6 Å². The van der Waals surface area contributed by atoms with Crippen LogP contribution in [-0.2, 0) is 4.74 Å². The van der Waals surface area contributed by atoms with E-state index in [1.165, 1.54) is 37.4 Å². The normalized spacial score (nSPS) is 10.1. The number of rotatable bonds is 7. The zero-order chi connectivity index (χ0) is 19.3. The van der Waals surface area contributed by atoms with Crippen molar-refractivity contribution in [3.05, 3.63) is 62.7 Å². The lowest BCUT2D eigenvalue weighted by atomic mass is 10.1. The summed E-state index contributed by atoms with van der Waals surface area (Å²) in [5.41, 5.74) is 0.295. The second kappa shape index (κ2) is 8.30. The van der Waals surface area contributed by atoms with Crippen LogP contribution in [0.5, 0.6) is 5.75 Å². The first-order valence-electron chi connectivity index (χ1n) is 7.37. The Hall–Kier alpha value is -3.13. The Morgan fingerprint density at radius 2 is 1.96 bits per heavy atom. The molecule has 0 unspecified atom stereocenters. The summed E-state index contributed by atoms with van der Waals surface area (Å²) in [4.78, 5) is 34.6. The molecule has 0 aromatic heterocycles. The fourth-order valence-electron chi connectivity index (χ4n) is 2.16. The van der Waals surface area contributed by atoms with Crippen molar-refractivity contribution >= 4 is 34.7 Å². The highest BCUT2D eigenvalue weighted by atomic mass is 35.5. The van der Waals surface area contributed by atoms with Crippen LogP contribution >= 0.6 is 11.6 Å². The van der Waals surface area contributed by atoms with Crippen LogP contribution in [0, 0.1) is 10.1 Å². The van der Waals surface area contributed by atoms with Gasteiger partial charge >= 0.3 is 5.97 Å². The number of esters is 1. The van der Waals surface area contributed by atoms with Crippen LogP contribution in [0.1, 0.15) is 20.7 Å². The molecule has 0 aliphatic heterocycles. The van der Waals surface area contributed by atoms with Crippen molar-refractivity contribution in [3.63, 3.8) is 0 Å². The van der Waals surface area contributed by atoms with Gasteiger partial charge in [-0.05, 0) is 24.3 Å². The molecule has 0 bridgehead atoms. The Balaban J connectivity index is 2.13. The summed E-state index contributed by atoms with van der Waals surface area (Å²) in [5, 5.41) is 13.9. The number of ketones is 1. The van der Waals surface area contributed by atoms with Gasteiger partial charge < -0.3 is 14.8 Å². The van der Waals surface area contributed by atoms with Gasteiger partial charge in [-0.1, -0.05) is 11.6 Å². The molecular formula is C17H15ClN2O6. The number of nitrogens with zero attached hydrogens (tertiary/aromatic N) is 1. The van der Waals surface area contributed by atoms with E-state index in [4.69, 9.17) is 21.1 Å². The minimum absolute atomic E-state index is 0.0396. The largest absolute Gasteiger partial charge is 0.495 e. The number of methoxy groups -OCH3 is 1. The number of carbonyl (C=O) groups excluding carboxylic acids is 2. The standard InChI is InChI=1S/C17H15ClN2O6/c1-19-14-5-4-11(20(23)24)8-12(14)17(22)26-9-15(21)10-3-6-16(25-2)13(18)7-10/h3-8,19H,9H2,1-2H3. The Morgan fingerprint density at radius 1 is 1.23 bits per heavy atom. The van der Waals surface area contributed by atoms with Crippen LogP contribution in [-0.4, -0.2) is 37.4 Å². The number of nitro groups is 1. The molecule has 0 fully saturated rings. The molecule has 0 saturated heterocycles. The van der Waals surface area contributed by atoms with Crippen molar-refractivity contribution in [1.29, 1.82) is 0 Å². The summed E-state index contributed by atoms with van der Waals surface area (Å²) in [6.45, 7) is -0.534. The predicted molar refractivity (Wildman–Crippen MR) is 95.3 cm³/mol. The van der Waals surface area contributed by atoms with E-state index in [1.807, 2.05) is 0 Å². The predicted octanol–water partition coefficient (Wildman–Crippen LogP) is 3.34. The van der Waals surface area contributed by atoms with E-state index in [-0.39, 0.29) is 21.8 Å². The lowest BCUT2D eigenvalue weighted by molar-refractivity contribution is -0.384. The minimum Gasteiger partial charge on any atom is -0.495 e. The number of hydrogen-bond donors (Lipinski definition) is 1. The molecule has 2 aromatic carbocycles. The van der Waals surface area contributed by atoms with Crippen LogP contribution in [0.4, 0.5) is 11.4 Å². The lowest BCUT2D eigenvalue weighted by Gasteiger charge is -2.09. The summed E-state index contributed by atoms with van der Waals surface area (Å²) < 4.78 is 9.99. The molecule has 2 aromatic rings. The third-order valence-electron chi connectivity index (χ3n) is 3.51. The molecule has 9 heteroatoms. The van der Waals surface area contributed by atoms with Crippen molar-refractivity contribution in [1.82, 2.24) is 0 Å². The number of non-ortho nitro benzene ring substituents is 1. The molecule has 0 atom stereocenters. The fraction of sp³-hybridized carbons (Fsp3) is 0.176. The second-order valence-corrected chi connectivity index (χ2v) is 5.49. The molecular weight excluding hydrogens is 364 g/mol. The molecule has 0 saturated carbocycles. The molecule has 1 N–H and O–H groups in total. The van der Waals surface area contributed by atoms with Crippen LogP contribution in [0.2, 0.25) is 5.02 Å². The molecule has 0 radical (unpaired) electrons. The summed E-state index contributed by atoms with van der Waals surface area (Å²) in [7, 11) is 3.01. The maximum Gasteiger partial charge on any atom is 0.340 e. The third kappa shape index (κ3) is 4.28. The van der Waals surface area contributed by atoms with Gasteiger partial charge in [0.2, 0.25) is 0 Å². The van der Waals surface area contributed by atoms with Crippen LogP contribution in [0.3, 0.4) is 0 Å². The highest BCUT2D eigenvalue weighted by Gasteiger charge is 2.19. The summed E-state index contributed by atoms with van der Waals surface area (Å²) in [6, 6.07) is 8.16. The summed E-state index contributed by atoms with van der Waals surface area (Å²) in [6.07, 6.45) is 0. The Kier molecular flexibility index (Phi) is 6.13. The lowest BCUT2D eigenvalue weighted by Crippen LogP contribution is -2.15. The monoisotopic (exact) mass is 378 g/mol. The van der Waals surface area contributed by atoms with Gasteiger partial charge in [-0.2, -0.15) is 0 Å². The van der Waals surface area contributed by atoms with Gasteiger partial charge in [-0.15, -0.1) is 0 Å². The first kappa shape index (κ1) is 19.2. The molecule has 0 aliphatic carbocycles. The fourth-order valence-corrected chi connectivity index (χ4v) is 2.42. The molecule has 0 amide bonds. The Bertz CT molecular complexity index is 868. The number of anilines is 1. The number of hydrogen-bond acceptors (Lipinski definition) is 7. The van der Waals surface area contributed by atoms with Crippen molar-refractivity contribution in [3.8, 4) is 5.75 Å². The SMILES string of the molecule is CNc1ccc([N+](=O)[O-])cc1C(=O)OCC(=O)c1ccc(OC)c(Cl)c1. The van der Waals surface area contributed by atoms with E-state index in [2.05, 4.69) is 5.32 Å². The number of halogens is 1. The summed E-state index contributed by atoms with van der Waals surface area (Å²) in [5.74, 6) is -0.916. The van der Waals surface area contributed by atoms with E-state index in [1.54, 1.807) is 7.05 Å². The average molecular weight is 379 g/mol. The van der Waals surface area contributed by atoms with E-state index in [9.17, 15) is 19.7 Å². The van der Waals surface area contributed by atoms with Gasteiger partial charge in [-0.25, -0.2) is 4.79 Å². The molecule has 8 nitrogen and oxygen atoms in total. The highest BCUT2D eigenvalue weighted by molar-refractivity contribution is 6.32. The topological polar surface area (TPSA) is 108 Å². The Labute approximate surface area is 153 Å². The first-order valence-corrected chi connectivity index (χ1v) is 7.75. The molecule has 2 rings (SSSR count). The number of ether oxygens (including phenoxy) is 2. The maximum absolute atomic E-state index is 12.2. The molecule has 136 valence electrons. The molecule has 26 heavy (non-hydrogen) atoms. The average Bonchev–Trinajstić information content (AvgIpc) is 2.64. The Morgan fingerprint density at radius 3 is 2.54 bits per heavy atom. The van der Waals surface area contributed by atoms with Crippen LogP contribution < -0.4 is 10.1 Å². The van der Waals surface area contributed by atoms with Crippen LogP contribution in [0.25, 0.3) is 0 Å². The number of nitrogens with one attached hydrogen (secondary N) is 1. The van der Waals surface area contributed by atoms with Gasteiger partial charge in [0.15, 0.2) is 12.4 Å². The number of benzene rings is 2. The smallest absolute Gasteiger partial charge is 0.340 e. The summed E-state index contributed by atoms with van der Waals surface area (Å²) >= 11 is 5.96.